The van der Waals surface area contributed by atoms with Crippen LogP contribution in [0.1, 0.15) is 12.5 Å². The second kappa shape index (κ2) is 2.96. The minimum absolute atomic E-state index is 0.196. The first kappa shape index (κ1) is 8.45. The van der Waals surface area contributed by atoms with E-state index in [9.17, 15) is 4.39 Å². The van der Waals surface area contributed by atoms with E-state index in [4.69, 9.17) is 4.74 Å². The lowest BCUT2D eigenvalue weighted by atomic mass is 10.1. The molecule has 1 atom stereocenters. The fourth-order valence-electron chi connectivity index (χ4n) is 1.09. The Morgan fingerprint density at radius 1 is 1.46 bits per heavy atom. The van der Waals surface area contributed by atoms with Gasteiger partial charge in [-0.05, 0) is 18.6 Å². The second-order valence-electron chi connectivity index (χ2n) is 3.42. The summed E-state index contributed by atoms with van der Waals surface area (Å²) in [6.07, 6.45) is 1.52. The van der Waals surface area contributed by atoms with Crippen molar-refractivity contribution in [2.45, 2.75) is 12.5 Å². The van der Waals surface area contributed by atoms with Crippen LogP contribution in [-0.2, 0) is 4.74 Å². The maximum Gasteiger partial charge on any atom is 0.140 e. The van der Waals surface area contributed by atoms with E-state index < -0.39 is 5.60 Å². The number of hydrogen-bond donors (Lipinski definition) is 0. The number of halogens is 1. The Labute approximate surface area is 76.8 Å². The van der Waals surface area contributed by atoms with Gasteiger partial charge in [0.2, 0.25) is 0 Å². The Kier molecular flexibility index (Phi) is 1.93. The summed E-state index contributed by atoms with van der Waals surface area (Å²) >= 11 is 0. The van der Waals surface area contributed by atoms with E-state index in [2.05, 4.69) is 0 Å². The van der Waals surface area contributed by atoms with E-state index in [1.165, 1.54) is 6.08 Å². The lowest BCUT2D eigenvalue weighted by Gasteiger charge is -2.00. The van der Waals surface area contributed by atoms with Crippen molar-refractivity contribution in [1.82, 2.24) is 0 Å². The normalized spacial score (nSPS) is 27.4. The molecule has 1 saturated heterocycles. The van der Waals surface area contributed by atoms with E-state index in [0.29, 0.717) is 6.61 Å². The third kappa shape index (κ3) is 1.78. The van der Waals surface area contributed by atoms with Gasteiger partial charge >= 0.3 is 0 Å². The van der Waals surface area contributed by atoms with Crippen molar-refractivity contribution >= 4 is 6.08 Å². The highest BCUT2D eigenvalue weighted by molar-refractivity contribution is 5.53. The molecule has 0 aliphatic carbocycles. The average Bonchev–Trinajstić information content (AvgIpc) is 2.87. The van der Waals surface area contributed by atoms with Crippen LogP contribution >= 0.6 is 0 Å². The summed E-state index contributed by atoms with van der Waals surface area (Å²) in [5, 5.41) is 0. The maximum absolute atomic E-state index is 13.4. The number of ether oxygens (including phenoxy) is 1. The molecular formula is C11H11FO. The second-order valence-corrected chi connectivity index (χ2v) is 3.42. The average molecular weight is 178 g/mol. The number of epoxide rings is 1. The molecule has 0 radical (unpaired) electrons. The van der Waals surface area contributed by atoms with E-state index in [0.717, 1.165) is 5.56 Å². The van der Waals surface area contributed by atoms with Crippen LogP contribution in [0.2, 0.25) is 0 Å². The van der Waals surface area contributed by atoms with Crippen LogP contribution < -0.4 is 0 Å². The molecule has 0 spiro atoms. The molecule has 0 amide bonds. The zero-order chi connectivity index (χ0) is 9.31. The number of rotatable bonds is 2. The quantitative estimate of drug-likeness (QED) is 0.634. The van der Waals surface area contributed by atoms with Gasteiger partial charge in [0.05, 0.1) is 6.61 Å². The molecule has 2 heteroatoms. The van der Waals surface area contributed by atoms with Crippen LogP contribution in [0.25, 0.3) is 6.08 Å². The van der Waals surface area contributed by atoms with Crippen molar-refractivity contribution < 1.29 is 9.13 Å². The van der Waals surface area contributed by atoms with Gasteiger partial charge < -0.3 is 4.74 Å². The van der Waals surface area contributed by atoms with Crippen LogP contribution in [0.15, 0.2) is 36.2 Å². The molecule has 1 aliphatic rings. The fourth-order valence-corrected chi connectivity index (χ4v) is 1.09. The Bertz CT molecular complexity index is 325. The van der Waals surface area contributed by atoms with Crippen LogP contribution in [0.4, 0.5) is 4.39 Å². The molecule has 1 aromatic rings. The Balaban J connectivity index is 2.21. The summed E-state index contributed by atoms with van der Waals surface area (Å²) in [6, 6.07) is 9.41. The Hall–Kier alpha value is -1.15. The van der Waals surface area contributed by atoms with Crippen molar-refractivity contribution in [3.8, 4) is 0 Å². The highest BCUT2D eigenvalue weighted by atomic mass is 19.1. The summed E-state index contributed by atoms with van der Waals surface area (Å²) < 4.78 is 18.4. The highest BCUT2D eigenvalue weighted by Gasteiger charge is 2.44. The SMILES string of the molecule is CC1(/C(F)=C/c2ccccc2)CO1. The van der Waals surface area contributed by atoms with Gasteiger partial charge in [-0.25, -0.2) is 4.39 Å². The summed E-state index contributed by atoms with van der Waals surface area (Å²) in [7, 11) is 0. The van der Waals surface area contributed by atoms with Crippen LogP contribution in [0, 0.1) is 0 Å². The molecular weight excluding hydrogens is 167 g/mol. The molecule has 1 nitrogen and oxygen atoms in total. The first-order chi connectivity index (χ1) is 6.21. The monoisotopic (exact) mass is 178 g/mol. The first-order valence-electron chi connectivity index (χ1n) is 4.27. The lowest BCUT2D eigenvalue weighted by Crippen LogP contribution is -2.03. The maximum atomic E-state index is 13.4. The molecule has 2 rings (SSSR count). The third-order valence-electron chi connectivity index (χ3n) is 2.18. The Morgan fingerprint density at radius 2 is 2.08 bits per heavy atom. The molecule has 0 N–H and O–H groups in total. The number of benzene rings is 1. The molecule has 0 saturated carbocycles. The van der Waals surface area contributed by atoms with E-state index >= 15 is 0 Å². The predicted octanol–water partition coefficient (Wildman–Crippen LogP) is 2.79. The number of hydrogen-bond acceptors (Lipinski definition) is 1. The third-order valence-corrected chi connectivity index (χ3v) is 2.18. The van der Waals surface area contributed by atoms with Crippen LogP contribution in [0.5, 0.6) is 0 Å². The van der Waals surface area contributed by atoms with E-state index in [1.54, 1.807) is 6.92 Å². The molecule has 1 fully saturated rings. The predicted molar refractivity (Wildman–Crippen MR) is 49.9 cm³/mol. The summed E-state index contributed by atoms with van der Waals surface area (Å²) in [5.41, 5.74) is 0.229. The molecule has 1 heterocycles. The molecule has 1 aliphatic heterocycles. The van der Waals surface area contributed by atoms with Gasteiger partial charge in [-0.2, -0.15) is 0 Å². The van der Waals surface area contributed by atoms with Crippen LogP contribution in [-0.4, -0.2) is 12.2 Å². The zero-order valence-corrected chi connectivity index (χ0v) is 7.46. The van der Waals surface area contributed by atoms with Gasteiger partial charge in [0.1, 0.15) is 11.4 Å². The highest BCUT2D eigenvalue weighted by Crippen LogP contribution is 2.36. The smallest absolute Gasteiger partial charge is 0.140 e. The topological polar surface area (TPSA) is 12.5 Å². The van der Waals surface area contributed by atoms with Gasteiger partial charge in [0.15, 0.2) is 0 Å². The Morgan fingerprint density at radius 3 is 2.62 bits per heavy atom. The summed E-state index contributed by atoms with van der Waals surface area (Å²) in [6.45, 7) is 2.24. The first-order valence-corrected chi connectivity index (χ1v) is 4.27. The molecule has 1 aromatic carbocycles. The van der Waals surface area contributed by atoms with Gasteiger partial charge in [-0.1, -0.05) is 30.3 Å². The summed E-state index contributed by atoms with van der Waals surface area (Å²) in [4.78, 5) is 0. The minimum atomic E-state index is -0.643. The molecule has 0 bridgehead atoms. The van der Waals surface area contributed by atoms with E-state index in [1.807, 2.05) is 30.3 Å². The van der Waals surface area contributed by atoms with Crippen molar-refractivity contribution in [2.75, 3.05) is 6.61 Å². The standard InChI is InChI=1S/C11H11FO/c1-11(8-13-11)10(12)7-9-5-3-2-4-6-9/h2-7H,8H2,1H3/b10-7-. The van der Waals surface area contributed by atoms with Crippen LogP contribution in [0.3, 0.4) is 0 Å². The lowest BCUT2D eigenvalue weighted by molar-refractivity contribution is 0.321. The molecule has 13 heavy (non-hydrogen) atoms. The van der Waals surface area contributed by atoms with Gasteiger partial charge in [-0.3, -0.25) is 0 Å². The molecule has 68 valence electrons. The van der Waals surface area contributed by atoms with Gasteiger partial charge in [0, 0.05) is 0 Å². The molecule has 1 unspecified atom stereocenters. The minimum Gasteiger partial charge on any atom is -0.362 e. The van der Waals surface area contributed by atoms with Gasteiger partial charge in [0.25, 0.3) is 0 Å². The van der Waals surface area contributed by atoms with E-state index in [-0.39, 0.29) is 5.83 Å². The van der Waals surface area contributed by atoms with Crippen molar-refractivity contribution in [3.63, 3.8) is 0 Å². The zero-order valence-electron chi connectivity index (χ0n) is 7.46. The van der Waals surface area contributed by atoms with Gasteiger partial charge in [-0.15, -0.1) is 0 Å². The van der Waals surface area contributed by atoms with Crippen molar-refractivity contribution in [2.24, 2.45) is 0 Å². The van der Waals surface area contributed by atoms with Crippen molar-refractivity contribution in [1.29, 1.82) is 0 Å². The van der Waals surface area contributed by atoms with Crippen molar-refractivity contribution in [3.05, 3.63) is 41.7 Å². The summed E-state index contributed by atoms with van der Waals surface area (Å²) in [5.74, 6) is -0.196. The fraction of sp³-hybridized carbons (Fsp3) is 0.273. The largest absolute Gasteiger partial charge is 0.362 e. The molecule has 0 aromatic heterocycles.